The van der Waals surface area contributed by atoms with Gasteiger partial charge in [0.1, 0.15) is 35.0 Å². The van der Waals surface area contributed by atoms with Gasteiger partial charge >= 0.3 is 23.6 Å². The summed E-state index contributed by atoms with van der Waals surface area (Å²) in [6.45, 7) is 4.44. The van der Waals surface area contributed by atoms with Crippen LogP contribution in [-0.2, 0) is 50.1 Å². The number of nitrogen functional groups attached to an aromatic ring is 2. The van der Waals surface area contributed by atoms with Gasteiger partial charge in [-0.3, -0.25) is 34.2 Å². The van der Waals surface area contributed by atoms with Gasteiger partial charge in [-0.15, -0.1) is 0 Å². The zero-order valence-electron chi connectivity index (χ0n) is 38.1. The van der Waals surface area contributed by atoms with Crippen LogP contribution in [0.3, 0.4) is 0 Å². The number of pyridine rings is 4. The molecule has 7 N–H and O–H groups in total. The zero-order valence-corrected chi connectivity index (χ0v) is 38.1. The maximum absolute atomic E-state index is 13.6. The molecule has 0 spiro atoms. The molecule has 1 unspecified atom stereocenters. The summed E-state index contributed by atoms with van der Waals surface area (Å²) in [6, 6.07) is 21.2. The van der Waals surface area contributed by atoms with Gasteiger partial charge in [-0.25, -0.2) is 23.4 Å². The first-order chi connectivity index (χ1) is 33.8. The maximum Gasteiger partial charge on any atom is 0.314 e. The topological polar surface area (TPSA) is 258 Å². The number of nitrogens with one attached hydrogen (secondary N) is 3. The number of rotatable bonds is 11. The standard InChI is InChI=1S/C27H28FN7O3.C22H20FN7O2/c1-17-11-19(28)12-30-22(17)16-34(14-18-7-3-2-4-8-18)27(37)26(36)32-21-13-31-25(29)20-15-35(33-24(20)21)23-9-5-6-10-38-23;1-13-7-15(23)8-25-18(13)12-30(11-14-5-3-2-4-6-14)22(32)21(31)28-17-10-26-20(24)16-9-27-29-19(16)17/h2-4,7-8,11-13,15,23H,5-6,9-10,14,16H2,1H3,(H2,29,31)(H,32,36);2-10H,11-12H2,1H3,(H2,24,26)(H,27,29)(H,28,31). The quantitative estimate of drug-likeness (QED) is 0.0897. The van der Waals surface area contributed by atoms with Crippen molar-refractivity contribution in [1.29, 1.82) is 0 Å². The van der Waals surface area contributed by atoms with E-state index < -0.39 is 35.3 Å². The molecule has 0 saturated carbocycles. The summed E-state index contributed by atoms with van der Waals surface area (Å²) in [5, 5.41) is 17.6. The fourth-order valence-electron chi connectivity index (χ4n) is 7.74. The molecule has 21 heteroatoms. The number of halogens is 2. The molecule has 0 aliphatic carbocycles. The van der Waals surface area contributed by atoms with E-state index in [2.05, 4.69) is 45.9 Å². The lowest BCUT2D eigenvalue weighted by Crippen LogP contribution is -2.39. The minimum absolute atomic E-state index is 0.0241. The van der Waals surface area contributed by atoms with Crippen LogP contribution >= 0.6 is 0 Å². The number of benzene rings is 2. The number of hydrogen-bond donors (Lipinski definition) is 5. The monoisotopic (exact) mass is 950 g/mol. The van der Waals surface area contributed by atoms with Gasteiger partial charge in [-0.2, -0.15) is 10.2 Å². The van der Waals surface area contributed by atoms with Crippen molar-refractivity contribution in [2.24, 2.45) is 0 Å². The normalized spacial score (nSPS) is 13.3. The van der Waals surface area contributed by atoms with Crippen LogP contribution in [0, 0.1) is 25.5 Å². The number of carbonyl (C=O) groups excluding carboxylic acids is 4. The number of aryl methyl sites for hydroxylation is 2. The number of carbonyl (C=O) groups is 4. The molecule has 358 valence electrons. The first kappa shape index (κ1) is 47.8. The summed E-state index contributed by atoms with van der Waals surface area (Å²) in [6.07, 6.45) is 10.8. The molecular weight excluding hydrogens is 903 g/mol. The Kier molecular flexibility index (Phi) is 14.7. The molecule has 0 radical (unpaired) electrons. The summed E-state index contributed by atoms with van der Waals surface area (Å²) in [5.41, 5.74) is 17.1. The third-order valence-corrected chi connectivity index (χ3v) is 11.4. The summed E-state index contributed by atoms with van der Waals surface area (Å²) < 4.78 is 34.6. The molecule has 9 rings (SSSR count). The van der Waals surface area contributed by atoms with E-state index in [9.17, 15) is 28.0 Å². The lowest BCUT2D eigenvalue weighted by atomic mass is 10.1. The number of aromatic nitrogens is 8. The van der Waals surface area contributed by atoms with Gasteiger partial charge < -0.3 is 36.6 Å². The minimum Gasteiger partial charge on any atom is -0.383 e. The Morgan fingerprint density at radius 3 is 1.76 bits per heavy atom. The maximum atomic E-state index is 13.6. The van der Waals surface area contributed by atoms with E-state index in [0.717, 1.165) is 42.8 Å². The van der Waals surface area contributed by atoms with Crippen molar-refractivity contribution in [3.8, 4) is 0 Å². The summed E-state index contributed by atoms with van der Waals surface area (Å²) >= 11 is 0. The third-order valence-electron chi connectivity index (χ3n) is 11.4. The number of hydrogen-bond acceptors (Lipinski definition) is 13. The predicted molar refractivity (Wildman–Crippen MR) is 256 cm³/mol. The lowest BCUT2D eigenvalue weighted by molar-refractivity contribution is -0.144. The van der Waals surface area contributed by atoms with Gasteiger partial charge in [0.05, 0.1) is 83.1 Å². The molecule has 4 amide bonds. The average molecular weight is 951 g/mol. The van der Waals surface area contributed by atoms with Gasteiger partial charge in [-0.1, -0.05) is 60.7 Å². The van der Waals surface area contributed by atoms with Crippen LogP contribution in [0.4, 0.5) is 31.8 Å². The van der Waals surface area contributed by atoms with E-state index in [4.69, 9.17) is 16.2 Å². The van der Waals surface area contributed by atoms with Crippen LogP contribution in [0.15, 0.2) is 110 Å². The van der Waals surface area contributed by atoms with Gasteiger partial charge in [0.2, 0.25) is 0 Å². The van der Waals surface area contributed by atoms with Gasteiger partial charge in [0.15, 0.2) is 0 Å². The predicted octanol–water partition coefficient (Wildman–Crippen LogP) is 6.27. The smallest absolute Gasteiger partial charge is 0.314 e. The number of aromatic amines is 1. The van der Waals surface area contributed by atoms with Crippen LogP contribution in [-0.4, -0.2) is 79.9 Å². The zero-order chi connectivity index (χ0) is 49.3. The molecule has 1 saturated heterocycles. The number of amides is 4. The molecular formula is C49H48F2N14O5. The largest absolute Gasteiger partial charge is 0.383 e. The minimum atomic E-state index is -0.864. The van der Waals surface area contributed by atoms with Crippen LogP contribution < -0.4 is 22.1 Å². The van der Waals surface area contributed by atoms with Crippen molar-refractivity contribution in [3.63, 3.8) is 0 Å². The molecule has 2 aromatic carbocycles. The molecule has 70 heavy (non-hydrogen) atoms. The lowest BCUT2D eigenvalue weighted by Gasteiger charge is -2.23. The van der Waals surface area contributed by atoms with Crippen LogP contribution in [0.25, 0.3) is 21.8 Å². The molecule has 6 aromatic heterocycles. The fraction of sp³-hybridized carbons (Fsp3) is 0.224. The Morgan fingerprint density at radius 1 is 0.700 bits per heavy atom. The van der Waals surface area contributed by atoms with Crippen molar-refractivity contribution >= 4 is 68.4 Å². The summed E-state index contributed by atoms with van der Waals surface area (Å²) in [7, 11) is 0. The van der Waals surface area contributed by atoms with E-state index in [1.807, 2.05) is 60.7 Å². The van der Waals surface area contributed by atoms with Crippen LogP contribution in [0.2, 0.25) is 0 Å². The first-order valence-electron chi connectivity index (χ1n) is 22.1. The van der Waals surface area contributed by atoms with Crippen LogP contribution in [0.1, 0.15) is 59.1 Å². The highest BCUT2D eigenvalue weighted by Gasteiger charge is 2.27. The van der Waals surface area contributed by atoms with Crippen molar-refractivity contribution in [2.45, 2.75) is 65.5 Å². The Morgan fingerprint density at radius 2 is 1.23 bits per heavy atom. The van der Waals surface area contributed by atoms with Crippen LogP contribution in [0.5, 0.6) is 0 Å². The molecule has 1 atom stereocenters. The fourth-order valence-corrected chi connectivity index (χ4v) is 7.74. The Labute approximate surface area is 399 Å². The molecule has 1 aliphatic heterocycles. The average Bonchev–Trinajstić information content (AvgIpc) is 4.06. The molecule has 0 bridgehead atoms. The van der Waals surface area contributed by atoms with Crippen molar-refractivity contribution in [2.75, 3.05) is 28.7 Å². The number of nitrogens with zero attached hydrogens (tertiary/aromatic N) is 9. The number of ether oxygens (including phenoxy) is 1. The highest BCUT2D eigenvalue weighted by molar-refractivity contribution is 6.40. The molecule has 1 aliphatic rings. The number of nitrogens with two attached hydrogens (primary N) is 2. The van der Waals surface area contributed by atoms with Crippen molar-refractivity contribution < 1.29 is 32.7 Å². The molecule has 19 nitrogen and oxygen atoms in total. The second kappa shape index (κ2) is 21.5. The van der Waals surface area contributed by atoms with Gasteiger partial charge in [0, 0.05) is 25.9 Å². The molecule has 1 fully saturated rings. The molecule has 7 heterocycles. The Bertz CT molecular complexity index is 3180. The van der Waals surface area contributed by atoms with Crippen molar-refractivity contribution in [1.82, 2.24) is 49.7 Å². The number of anilines is 4. The highest BCUT2D eigenvalue weighted by atomic mass is 19.1. The molecule has 8 aromatic rings. The number of fused-ring (bicyclic) bond motifs is 2. The summed E-state index contributed by atoms with van der Waals surface area (Å²) in [5.74, 6) is -3.70. The van der Waals surface area contributed by atoms with E-state index in [1.54, 1.807) is 24.7 Å². The Balaban J connectivity index is 0.000000191. The van der Waals surface area contributed by atoms with Gasteiger partial charge in [-0.05, 0) is 67.5 Å². The highest BCUT2D eigenvalue weighted by Crippen LogP contribution is 2.30. The second-order valence-corrected chi connectivity index (χ2v) is 16.5. The van der Waals surface area contributed by atoms with Gasteiger partial charge in [0.25, 0.3) is 0 Å². The number of H-pyrrole nitrogens is 1. The second-order valence-electron chi connectivity index (χ2n) is 16.5. The first-order valence-corrected chi connectivity index (χ1v) is 22.1. The van der Waals surface area contributed by atoms with Crippen molar-refractivity contribution in [3.05, 3.63) is 155 Å². The van der Waals surface area contributed by atoms with E-state index in [1.165, 1.54) is 40.5 Å². The van der Waals surface area contributed by atoms with E-state index >= 15 is 0 Å². The van der Waals surface area contributed by atoms with E-state index in [0.29, 0.717) is 50.9 Å². The third kappa shape index (κ3) is 11.3. The summed E-state index contributed by atoms with van der Waals surface area (Å²) in [4.78, 5) is 71.7. The van der Waals surface area contributed by atoms with E-state index in [-0.39, 0.29) is 55.4 Å². The Hall–Kier alpha value is -8.72. The SMILES string of the molecule is Cc1cc(F)cnc1CN(Cc1ccccc1)C(=O)C(=O)Nc1cnc(N)c2cn(C3CCCCO3)nc12.Cc1cc(F)cnc1CN(Cc1ccccc1)C(=O)C(=O)Nc1cnc(N)c2cn[nH]c12.